The molecule has 0 aromatic heterocycles. The van der Waals surface area contributed by atoms with Gasteiger partial charge in [-0.25, -0.2) is 9.59 Å². The highest BCUT2D eigenvalue weighted by Gasteiger charge is 2.41. The fraction of sp³-hybridized carbons (Fsp3) is 0.867. The Morgan fingerprint density at radius 2 is 1.95 bits per heavy atom. The molecule has 0 saturated carbocycles. The standard InChI is InChI=1S/C15H28N2O4/c1-10(2)8-16-11-7-12(13(18)20-6)17(9-11)14(19)21-15(3,4)5/h10-12,16H,7-9H2,1-6H3/t11-,12-/m1/s1. The van der Waals surface area contributed by atoms with Crippen LogP contribution >= 0.6 is 0 Å². The van der Waals surface area contributed by atoms with Crippen molar-refractivity contribution < 1.29 is 19.1 Å². The van der Waals surface area contributed by atoms with Crippen LogP contribution in [0.4, 0.5) is 4.79 Å². The average molecular weight is 300 g/mol. The maximum Gasteiger partial charge on any atom is 0.411 e. The molecule has 0 spiro atoms. The van der Waals surface area contributed by atoms with Crippen LogP contribution in [0.15, 0.2) is 0 Å². The third-order valence-corrected chi connectivity index (χ3v) is 3.22. The van der Waals surface area contributed by atoms with Crippen molar-refractivity contribution in [3.05, 3.63) is 0 Å². The lowest BCUT2D eigenvalue weighted by atomic mass is 10.1. The van der Waals surface area contributed by atoms with Gasteiger partial charge in [0.2, 0.25) is 0 Å². The van der Waals surface area contributed by atoms with E-state index >= 15 is 0 Å². The number of likely N-dealkylation sites (tertiary alicyclic amines) is 1. The van der Waals surface area contributed by atoms with Gasteiger partial charge in [0.15, 0.2) is 0 Å². The summed E-state index contributed by atoms with van der Waals surface area (Å²) in [5.41, 5.74) is -0.582. The van der Waals surface area contributed by atoms with Crippen molar-refractivity contribution in [2.75, 3.05) is 20.2 Å². The van der Waals surface area contributed by atoms with Gasteiger partial charge in [0.25, 0.3) is 0 Å². The summed E-state index contributed by atoms with van der Waals surface area (Å²) in [6.45, 7) is 11.0. The molecule has 1 rings (SSSR count). The molecule has 1 N–H and O–H groups in total. The van der Waals surface area contributed by atoms with Crippen LogP contribution in [-0.2, 0) is 14.3 Å². The predicted octanol–water partition coefficient (Wildman–Crippen LogP) is 1.78. The topological polar surface area (TPSA) is 67.9 Å². The molecule has 2 atom stereocenters. The Hall–Kier alpha value is -1.30. The lowest BCUT2D eigenvalue weighted by molar-refractivity contribution is -0.145. The van der Waals surface area contributed by atoms with Gasteiger partial charge in [0.1, 0.15) is 11.6 Å². The van der Waals surface area contributed by atoms with Crippen LogP contribution in [0.5, 0.6) is 0 Å². The molecule has 1 fully saturated rings. The molecular weight excluding hydrogens is 272 g/mol. The van der Waals surface area contributed by atoms with E-state index in [1.807, 2.05) is 20.8 Å². The second-order valence-electron chi connectivity index (χ2n) is 6.91. The van der Waals surface area contributed by atoms with Crippen molar-refractivity contribution in [2.45, 2.75) is 58.7 Å². The molecule has 1 heterocycles. The summed E-state index contributed by atoms with van der Waals surface area (Å²) < 4.78 is 10.2. The number of esters is 1. The maximum absolute atomic E-state index is 12.2. The van der Waals surface area contributed by atoms with Crippen molar-refractivity contribution in [1.29, 1.82) is 0 Å². The van der Waals surface area contributed by atoms with E-state index in [1.54, 1.807) is 0 Å². The molecule has 122 valence electrons. The quantitative estimate of drug-likeness (QED) is 0.802. The van der Waals surface area contributed by atoms with Crippen molar-refractivity contribution in [3.63, 3.8) is 0 Å². The van der Waals surface area contributed by atoms with Crippen LogP contribution in [0.3, 0.4) is 0 Å². The third-order valence-electron chi connectivity index (χ3n) is 3.22. The van der Waals surface area contributed by atoms with E-state index in [2.05, 4.69) is 19.2 Å². The molecule has 6 nitrogen and oxygen atoms in total. The molecule has 1 saturated heterocycles. The molecule has 0 unspecified atom stereocenters. The van der Waals surface area contributed by atoms with Gasteiger partial charge in [-0.2, -0.15) is 0 Å². The monoisotopic (exact) mass is 300 g/mol. The van der Waals surface area contributed by atoms with Gasteiger partial charge in [0.05, 0.1) is 7.11 Å². The number of carbonyl (C=O) groups is 2. The number of rotatable bonds is 4. The van der Waals surface area contributed by atoms with Crippen molar-refractivity contribution >= 4 is 12.1 Å². The summed E-state index contributed by atoms with van der Waals surface area (Å²) >= 11 is 0. The van der Waals surface area contributed by atoms with Crippen LogP contribution in [-0.4, -0.2) is 54.8 Å². The molecule has 1 aliphatic heterocycles. The molecule has 0 bridgehead atoms. The molecule has 0 aromatic rings. The summed E-state index contributed by atoms with van der Waals surface area (Å²) in [5.74, 6) is 0.117. The van der Waals surface area contributed by atoms with Crippen molar-refractivity contribution in [3.8, 4) is 0 Å². The Morgan fingerprint density at radius 1 is 1.33 bits per heavy atom. The van der Waals surface area contributed by atoms with E-state index in [0.717, 1.165) is 6.54 Å². The zero-order chi connectivity index (χ0) is 16.2. The highest BCUT2D eigenvalue weighted by molar-refractivity contribution is 5.82. The van der Waals surface area contributed by atoms with Gasteiger partial charge in [-0.3, -0.25) is 4.90 Å². The van der Waals surface area contributed by atoms with Gasteiger partial charge in [-0.1, -0.05) is 13.8 Å². The first-order chi connectivity index (χ1) is 9.64. The predicted molar refractivity (Wildman–Crippen MR) is 80.0 cm³/mol. The second-order valence-corrected chi connectivity index (χ2v) is 6.91. The minimum atomic E-state index is -0.582. The highest BCUT2D eigenvalue weighted by atomic mass is 16.6. The Labute approximate surface area is 127 Å². The van der Waals surface area contributed by atoms with Gasteiger partial charge in [0, 0.05) is 12.6 Å². The van der Waals surface area contributed by atoms with Crippen LogP contribution in [0.1, 0.15) is 41.0 Å². The first-order valence-corrected chi connectivity index (χ1v) is 7.45. The number of hydrogen-bond donors (Lipinski definition) is 1. The minimum absolute atomic E-state index is 0.0871. The average Bonchev–Trinajstić information content (AvgIpc) is 2.77. The number of nitrogens with zero attached hydrogens (tertiary/aromatic N) is 1. The lowest BCUT2D eigenvalue weighted by Gasteiger charge is -2.27. The molecular formula is C15H28N2O4. The molecule has 21 heavy (non-hydrogen) atoms. The molecule has 0 radical (unpaired) electrons. The summed E-state index contributed by atoms with van der Waals surface area (Å²) in [6.07, 6.45) is 0.0882. The number of hydrogen-bond acceptors (Lipinski definition) is 5. The number of methoxy groups -OCH3 is 1. The van der Waals surface area contributed by atoms with E-state index in [9.17, 15) is 9.59 Å². The Bertz CT molecular complexity index is 376. The summed E-state index contributed by atoms with van der Waals surface area (Å²) in [4.78, 5) is 25.6. The van der Waals surface area contributed by atoms with E-state index in [4.69, 9.17) is 9.47 Å². The van der Waals surface area contributed by atoms with E-state index in [-0.39, 0.29) is 6.04 Å². The Morgan fingerprint density at radius 3 is 2.43 bits per heavy atom. The zero-order valence-corrected chi connectivity index (χ0v) is 13.9. The fourth-order valence-electron chi connectivity index (χ4n) is 2.27. The first kappa shape index (κ1) is 17.8. The minimum Gasteiger partial charge on any atom is -0.467 e. The van der Waals surface area contributed by atoms with Crippen molar-refractivity contribution in [2.24, 2.45) is 5.92 Å². The smallest absolute Gasteiger partial charge is 0.411 e. The number of ether oxygens (including phenoxy) is 2. The van der Waals surface area contributed by atoms with Crippen LogP contribution in [0.25, 0.3) is 0 Å². The largest absolute Gasteiger partial charge is 0.467 e. The molecule has 0 aliphatic carbocycles. The Balaban J connectivity index is 2.73. The highest BCUT2D eigenvalue weighted by Crippen LogP contribution is 2.22. The summed E-state index contributed by atoms with van der Waals surface area (Å²) in [5, 5.41) is 3.38. The summed E-state index contributed by atoms with van der Waals surface area (Å²) in [6, 6.07) is -0.487. The Kier molecular flexibility index (Phi) is 6.01. The fourth-order valence-corrected chi connectivity index (χ4v) is 2.27. The van der Waals surface area contributed by atoms with Crippen molar-refractivity contribution in [1.82, 2.24) is 10.2 Å². The number of carbonyl (C=O) groups excluding carboxylic acids is 2. The molecule has 1 aliphatic rings. The zero-order valence-electron chi connectivity index (χ0n) is 13.9. The first-order valence-electron chi connectivity index (χ1n) is 7.45. The molecule has 6 heteroatoms. The third kappa shape index (κ3) is 5.53. The van der Waals surface area contributed by atoms with E-state index in [1.165, 1.54) is 12.0 Å². The SMILES string of the molecule is COC(=O)[C@H]1C[C@@H](NCC(C)C)CN1C(=O)OC(C)(C)C. The van der Waals surface area contributed by atoms with Gasteiger partial charge >= 0.3 is 12.1 Å². The lowest BCUT2D eigenvalue weighted by Crippen LogP contribution is -2.44. The maximum atomic E-state index is 12.2. The normalized spacial score (nSPS) is 22.5. The molecule has 1 amide bonds. The number of nitrogens with one attached hydrogen (secondary N) is 1. The second kappa shape index (κ2) is 7.11. The van der Waals surface area contributed by atoms with Crippen LogP contribution in [0.2, 0.25) is 0 Å². The van der Waals surface area contributed by atoms with E-state index < -0.39 is 23.7 Å². The van der Waals surface area contributed by atoms with Gasteiger partial charge in [-0.05, 0) is 39.7 Å². The van der Waals surface area contributed by atoms with E-state index in [0.29, 0.717) is 18.9 Å². The van der Waals surface area contributed by atoms with Crippen LogP contribution < -0.4 is 5.32 Å². The number of amides is 1. The summed E-state index contributed by atoms with van der Waals surface area (Å²) in [7, 11) is 1.34. The van der Waals surface area contributed by atoms with Crippen LogP contribution in [0, 0.1) is 5.92 Å². The van der Waals surface area contributed by atoms with Gasteiger partial charge < -0.3 is 14.8 Å². The molecule has 0 aromatic carbocycles. The van der Waals surface area contributed by atoms with Gasteiger partial charge in [-0.15, -0.1) is 0 Å².